The second-order valence-corrected chi connectivity index (χ2v) is 3.64. The van der Waals surface area contributed by atoms with Crippen LogP contribution in [0.15, 0.2) is 30.3 Å². The SMILES string of the molecule is OCC(CO)(CO)Cc1ccccc1. The van der Waals surface area contributed by atoms with E-state index < -0.39 is 5.41 Å². The number of rotatable bonds is 5. The molecule has 0 fully saturated rings. The Hall–Kier alpha value is -0.900. The summed E-state index contributed by atoms with van der Waals surface area (Å²) in [6.45, 7) is -0.640. The van der Waals surface area contributed by atoms with Gasteiger partial charge in [0.15, 0.2) is 0 Å². The Morgan fingerprint density at radius 2 is 1.36 bits per heavy atom. The number of aliphatic hydroxyl groups excluding tert-OH is 3. The Morgan fingerprint density at radius 3 is 1.79 bits per heavy atom. The van der Waals surface area contributed by atoms with Gasteiger partial charge in [-0.15, -0.1) is 0 Å². The maximum Gasteiger partial charge on any atom is 0.0534 e. The van der Waals surface area contributed by atoms with Crippen LogP contribution in [0.25, 0.3) is 0 Å². The molecule has 14 heavy (non-hydrogen) atoms. The highest BCUT2D eigenvalue weighted by Gasteiger charge is 2.28. The third kappa shape index (κ3) is 2.54. The van der Waals surface area contributed by atoms with E-state index in [2.05, 4.69) is 0 Å². The van der Waals surface area contributed by atoms with E-state index in [0.29, 0.717) is 6.42 Å². The minimum Gasteiger partial charge on any atom is -0.396 e. The third-order valence-corrected chi connectivity index (χ3v) is 2.43. The summed E-state index contributed by atoms with van der Waals surface area (Å²) in [7, 11) is 0. The van der Waals surface area contributed by atoms with E-state index >= 15 is 0 Å². The molecule has 0 amide bonds. The van der Waals surface area contributed by atoms with E-state index in [1.54, 1.807) is 0 Å². The van der Waals surface area contributed by atoms with E-state index in [-0.39, 0.29) is 19.8 Å². The van der Waals surface area contributed by atoms with E-state index in [9.17, 15) is 0 Å². The fourth-order valence-corrected chi connectivity index (χ4v) is 1.35. The van der Waals surface area contributed by atoms with Crippen molar-refractivity contribution in [3.63, 3.8) is 0 Å². The van der Waals surface area contributed by atoms with Crippen LogP contribution in [0.5, 0.6) is 0 Å². The zero-order valence-corrected chi connectivity index (χ0v) is 8.06. The minimum absolute atomic E-state index is 0.213. The lowest BCUT2D eigenvalue weighted by atomic mass is 9.84. The minimum atomic E-state index is -0.804. The molecule has 3 heteroatoms. The van der Waals surface area contributed by atoms with E-state index in [1.807, 2.05) is 30.3 Å². The van der Waals surface area contributed by atoms with Crippen LogP contribution in [0.2, 0.25) is 0 Å². The second kappa shape index (κ2) is 5.10. The van der Waals surface area contributed by atoms with Gasteiger partial charge in [0.2, 0.25) is 0 Å². The Labute approximate surface area is 83.6 Å². The van der Waals surface area contributed by atoms with Crippen LogP contribution in [-0.4, -0.2) is 35.1 Å². The van der Waals surface area contributed by atoms with Gasteiger partial charge in [0.05, 0.1) is 19.8 Å². The summed E-state index contributed by atoms with van der Waals surface area (Å²) in [4.78, 5) is 0. The topological polar surface area (TPSA) is 60.7 Å². The lowest BCUT2D eigenvalue weighted by Gasteiger charge is -2.27. The Bertz CT molecular complexity index is 246. The molecule has 0 aliphatic rings. The summed E-state index contributed by atoms with van der Waals surface area (Å²) in [5.41, 5.74) is 0.200. The molecule has 3 nitrogen and oxygen atoms in total. The monoisotopic (exact) mass is 196 g/mol. The largest absolute Gasteiger partial charge is 0.396 e. The first-order valence-electron chi connectivity index (χ1n) is 4.63. The molecule has 0 aromatic heterocycles. The number of aliphatic hydroxyl groups is 3. The quantitative estimate of drug-likeness (QED) is 0.630. The zero-order valence-electron chi connectivity index (χ0n) is 8.06. The van der Waals surface area contributed by atoms with Gasteiger partial charge in [0.25, 0.3) is 0 Å². The summed E-state index contributed by atoms with van der Waals surface area (Å²) in [5.74, 6) is 0. The van der Waals surface area contributed by atoms with Crippen LogP contribution in [0.3, 0.4) is 0 Å². The van der Waals surface area contributed by atoms with E-state index in [0.717, 1.165) is 5.56 Å². The molecule has 1 aromatic carbocycles. The molecule has 3 N–H and O–H groups in total. The average molecular weight is 196 g/mol. The Kier molecular flexibility index (Phi) is 4.07. The highest BCUT2D eigenvalue weighted by molar-refractivity contribution is 5.16. The molecule has 0 bridgehead atoms. The number of hydrogen-bond donors (Lipinski definition) is 3. The zero-order chi connectivity index (χ0) is 10.4. The Morgan fingerprint density at radius 1 is 0.857 bits per heavy atom. The second-order valence-electron chi connectivity index (χ2n) is 3.64. The van der Waals surface area contributed by atoms with Gasteiger partial charge in [0, 0.05) is 5.41 Å². The van der Waals surface area contributed by atoms with Crippen molar-refractivity contribution < 1.29 is 15.3 Å². The lowest BCUT2D eigenvalue weighted by Crippen LogP contribution is -2.36. The highest BCUT2D eigenvalue weighted by Crippen LogP contribution is 2.21. The molecule has 0 saturated heterocycles. The third-order valence-electron chi connectivity index (χ3n) is 2.43. The van der Waals surface area contributed by atoms with Crippen molar-refractivity contribution in [3.8, 4) is 0 Å². The first-order valence-corrected chi connectivity index (χ1v) is 4.63. The van der Waals surface area contributed by atoms with Crippen LogP contribution < -0.4 is 0 Å². The Balaban J connectivity index is 2.74. The normalized spacial score (nSPS) is 11.6. The molecule has 0 aliphatic heterocycles. The van der Waals surface area contributed by atoms with Crippen molar-refractivity contribution in [2.24, 2.45) is 5.41 Å². The van der Waals surface area contributed by atoms with E-state index in [1.165, 1.54) is 0 Å². The van der Waals surface area contributed by atoms with Crippen molar-refractivity contribution in [2.45, 2.75) is 6.42 Å². The average Bonchev–Trinajstić information content (AvgIpc) is 2.28. The fourth-order valence-electron chi connectivity index (χ4n) is 1.35. The van der Waals surface area contributed by atoms with Gasteiger partial charge in [-0.2, -0.15) is 0 Å². The van der Waals surface area contributed by atoms with Crippen molar-refractivity contribution in [1.82, 2.24) is 0 Å². The molecule has 0 atom stereocenters. The van der Waals surface area contributed by atoms with Crippen LogP contribution in [0.4, 0.5) is 0 Å². The van der Waals surface area contributed by atoms with Crippen molar-refractivity contribution in [1.29, 1.82) is 0 Å². The molecule has 0 spiro atoms. The van der Waals surface area contributed by atoms with Gasteiger partial charge in [-0.1, -0.05) is 30.3 Å². The highest BCUT2D eigenvalue weighted by atomic mass is 16.3. The molecule has 0 radical (unpaired) electrons. The predicted molar refractivity (Wildman–Crippen MR) is 53.8 cm³/mol. The van der Waals surface area contributed by atoms with Crippen molar-refractivity contribution in [2.75, 3.05) is 19.8 Å². The molecule has 0 saturated carbocycles. The molecule has 1 aromatic rings. The molecule has 0 aliphatic carbocycles. The summed E-state index contributed by atoms with van der Waals surface area (Å²) in [6.07, 6.45) is 0.483. The standard InChI is InChI=1S/C11H16O3/c12-7-11(8-13,9-14)6-10-4-2-1-3-5-10/h1-5,12-14H,6-9H2. The van der Waals surface area contributed by atoms with Gasteiger partial charge < -0.3 is 15.3 Å². The summed E-state index contributed by atoms with van der Waals surface area (Å²) < 4.78 is 0. The molecule has 78 valence electrons. The molecule has 1 rings (SSSR count). The molecular formula is C11H16O3. The van der Waals surface area contributed by atoms with Gasteiger partial charge in [-0.25, -0.2) is 0 Å². The summed E-state index contributed by atoms with van der Waals surface area (Å²) in [6, 6.07) is 9.52. The van der Waals surface area contributed by atoms with Crippen LogP contribution in [-0.2, 0) is 6.42 Å². The number of benzene rings is 1. The summed E-state index contributed by atoms with van der Waals surface area (Å²) in [5, 5.41) is 27.4. The number of hydrogen-bond acceptors (Lipinski definition) is 3. The first-order chi connectivity index (χ1) is 6.76. The van der Waals surface area contributed by atoms with Crippen LogP contribution in [0.1, 0.15) is 5.56 Å². The lowest BCUT2D eigenvalue weighted by molar-refractivity contribution is 0.00599. The van der Waals surface area contributed by atoms with Gasteiger partial charge in [-0.05, 0) is 12.0 Å². The van der Waals surface area contributed by atoms with Gasteiger partial charge in [-0.3, -0.25) is 0 Å². The van der Waals surface area contributed by atoms with E-state index in [4.69, 9.17) is 15.3 Å². The molecular weight excluding hydrogens is 180 g/mol. The first kappa shape index (κ1) is 11.2. The van der Waals surface area contributed by atoms with Crippen molar-refractivity contribution in [3.05, 3.63) is 35.9 Å². The van der Waals surface area contributed by atoms with Crippen LogP contribution >= 0.6 is 0 Å². The van der Waals surface area contributed by atoms with Gasteiger partial charge in [0.1, 0.15) is 0 Å². The van der Waals surface area contributed by atoms with Crippen molar-refractivity contribution >= 4 is 0 Å². The maximum atomic E-state index is 9.12. The molecule has 0 unspecified atom stereocenters. The fraction of sp³-hybridized carbons (Fsp3) is 0.455. The predicted octanol–water partition coefficient (Wildman–Crippen LogP) is 0.192. The summed E-state index contributed by atoms with van der Waals surface area (Å²) >= 11 is 0. The van der Waals surface area contributed by atoms with Crippen LogP contribution in [0, 0.1) is 5.41 Å². The van der Waals surface area contributed by atoms with Gasteiger partial charge >= 0.3 is 0 Å². The smallest absolute Gasteiger partial charge is 0.0534 e. The maximum absolute atomic E-state index is 9.12. The molecule has 0 heterocycles.